The van der Waals surface area contributed by atoms with Gasteiger partial charge in [0, 0.05) is 18.0 Å². The summed E-state index contributed by atoms with van der Waals surface area (Å²) in [5.74, 6) is 0.128. The first kappa shape index (κ1) is 13.0. The molecule has 0 fully saturated rings. The highest BCUT2D eigenvalue weighted by atomic mass is 35.5. The third-order valence-electron chi connectivity index (χ3n) is 2.41. The summed E-state index contributed by atoms with van der Waals surface area (Å²) in [7, 11) is 0. The molecule has 0 spiro atoms. The molecule has 0 saturated heterocycles. The number of unbranched alkanes of at least 4 members (excludes halogenated alkanes) is 1. The van der Waals surface area contributed by atoms with Gasteiger partial charge < -0.3 is 5.32 Å². The molecular formula is C13H18ClNO. The summed E-state index contributed by atoms with van der Waals surface area (Å²) in [6, 6.07) is 7.63. The molecule has 3 heteroatoms. The van der Waals surface area contributed by atoms with Crippen LogP contribution >= 0.6 is 11.6 Å². The van der Waals surface area contributed by atoms with Gasteiger partial charge >= 0.3 is 0 Å². The molecule has 1 aromatic carbocycles. The molecule has 1 amide bonds. The van der Waals surface area contributed by atoms with Gasteiger partial charge in [0.05, 0.1) is 0 Å². The molecule has 0 aromatic heterocycles. The maximum Gasteiger partial charge on any atom is 0.220 e. The van der Waals surface area contributed by atoms with Gasteiger partial charge in [0.1, 0.15) is 0 Å². The van der Waals surface area contributed by atoms with Gasteiger partial charge in [-0.25, -0.2) is 0 Å². The van der Waals surface area contributed by atoms with E-state index in [1.165, 1.54) is 0 Å². The number of nitrogens with one attached hydrogen (secondary N) is 1. The molecule has 0 heterocycles. The van der Waals surface area contributed by atoms with Crippen LogP contribution in [-0.2, 0) is 11.2 Å². The van der Waals surface area contributed by atoms with E-state index in [9.17, 15) is 4.79 Å². The van der Waals surface area contributed by atoms with Crippen molar-refractivity contribution in [3.8, 4) is 0 Å². The molecule has 88 valence electrons. The largest absolute Gasteiger partial charge is 0.356 e. The molecule has 0 atom stereocenters. The SMILES string of the molecule is CCCCNC(=O)CCc1ccc(Cl)cc1. The van der Waals surface area contributed by atoms with Crippen molar-refractivity contribution in [1.82, 2.24) is 5.32 Å². The number of aryl methyl sites for hydroxylation is 1. The first-order chi connectivity index (χ1) is 7.72. The number of amides is 1. The number of carbonyl (C=O) groups excluding carboxylic acids is 1. The normalized spacial score (nSPS) is 10.1. The van der Waals surface area contributed by atoms with Gasteiger partial charge in [-0.2, -0.15) is 0 Å². The van der Waals surface area contributed by atoms with Crippen LogP contribution in [0.3, 0.4) is 0 Å². The summed E-state index contributed by atoms with van der Waals surface area (Å²) in [4.78, 5) is 11.4. The van der Waals surface area contributed by atoms with E-state index >= 15 is 0 Å². The zero-order valence-corrected chi connectivity index (χ0v) is 10.4. The third-order valence-corrected chi connectivity index (χ3v) is 2.66. The fourth-order valence-corrected chi connectivity index (χ4v) is 1.53. The smallest absolute Gasteiger partial charge is 0.220 e. The minimum atomic E-state index is 0.128. The Morgan fingerprint density at radius 2 is 2.00 bits per heavy atom. The Morgan fingerprint density at radius 1 is 1.31 bits per heavy atom. The average molecular weight is 240 g/mol. The molecule has 0 bridgehead atoms. The van der Waals surface area contributed by atoms with Crippen LogP contribution in [0.4, 0.5) is 0 Å². The number of carbonyl (C=O) groups is 1. The van der Waals surface area contributed by atoms with Crippen LogP contribution in [-0.4, -0.2) is 12.5 Å². The molecule has 2 nitrogen and oxygen atoms in total. The van der Waals surface area contributed by atoms with Crippen LogP contribution in [0.1, 0.15) is 31.7 Å². The molecule has 0 unspecified atom stereocenters. The Balaban J connectivity index is 2.23. The van der Waals surface area contributed by atoms with E-state index < -0.39 is 0 Å². The van der Waals surface area contributed by atoms with Crippen molar-refractivity contribution < 1.29 is 4.79 Å². The van der Waals surface area contributed by atoms with Gasteiger partial charge in [0.2, 0.25) is 5.91 Å². The lowest BCUT2D eigenvalue weighted by atomic mass is 10.1. The molecule has 0 aliphatic heterocycles. The second-order valence-corrected chi connectivity index (χ2v) is 4.27. The van der Waals surface area contributed by atoms with E-state index in [1.54, 1.807) is 0 Å². The molecule has 1 rings (SSSR count). The molecule has 16 heavy (non-hydrogen) atoms. The quantitative estimate of drug-likeness (QED) is 0.759. The highest BCUT2D eigenvalue weighted by molar-refractivity contribution is 6.30. The second kappa shape index (κ2) is 7.29. The Kier molecular flexibility index (Phi) is 5.94. The van der Waals surface area contributed by atoms with Crippen molar-refractivity contribution in [2.24, 2.45) is 0 Å². The van der Waals surface area contributed by atoms with Crippen LogP contribution in [0, 0.1) is 0 Å². The topological polar surface area (TPSA) is 29.1 Å². The van der Waals surface area contributed by atoms with Crippen molar-refractivity contribution in [3.63, 3.8) is 0 Å². The van der Waals surface area contributed by atoms with Gasteiger partial charge in [-0.3, -0.25) is 4.79 Å². The highest BCUT2D eigenvalue weighted by Gasteiger charge is 2.01. The van der Waals surface area contributed by atoms with Gasteiger partial charge in [-0.15, -0.1) is 0 Å². The number of hydrogen-bond acceptors (Lipinski definition) is 1. The van der Waals surface area contributed by atoms with Crippen molar-refractivity contribution in [3.05, 3.63) is 34.9 Å². The number of halogens is 1. The number of benzene rings is 1. The lowest BCUT2D eigenvalue weighted by Crippen LogP contribution is -2.24. The summed E-state index contributed by atoms with van der Waals surface area (Å²) < 4.78 is 0. The van der Waals surface area contributed by atoms with Crippen molar-refractivity contribution >= 4 is 17.5 Å². The van der Waals surface area contributed by atoms with Crippen molar-refractivity contribution in [2.45, 2.75) is 32.6 Å². The lowest BCUT2D eigenvalue weighted by molar-refractivity contribution is -0.121. The van der Waals surface area contributed by atoms with E-state index in [2.05, 4.69) is 12.2 Å². The summed E-state index contributed by atoms with van der Waals surface area (Å²) in [6.07, 6.45) is 3.48. The first-order valence-electron chi connectivity index (χ1n) is 5.73. The van der Waals surface area contributed by atoms with Crippen LogP contribution in [0.2, 0.25) is 5.02 Å². The van der Waals surface area contributed by atoms with Gasteiger partial charge in [-0.1, -0.05) is 37.1 Å². The molecule has 0 saturated carbocycles. The summed E-state index contributed by atoms with van der Waals surface area (Å²) in [5, 5.41) is 3.63. The number of hydrogen-bond donors (Lipinski definition) is 1. The van der Waals surface area contributed by atoms with Gasteiger partial charge in [0.15, 0.2) is 0 Å². The van der Waals surface area contributed by atoms with E-state index in [-0.39, 0.29) is 5.91 Å². The molecule has 1 aromatic rings. The van der Waals surface area contributed by atoms with Crippen LogP contribution < -0.4 is 5.32 Å². The maximum atomic E-state index is 11.4. The Bertz CT molecular complexity index is 321. The van der Waals surface area contributed by atoms with E-state index in [1.807, 2.05) is 24.3 Å². The maximum absolute atomic E-state index is 11.4. The fraction of sp³-hybridized carbons (Fsp3) is 0.462. The average Bonchev–Trinajstić information content (AvgIpc) is 2.29. The summed E-state index contributed by atoms with van der Waals surface area (Å²) >= 11 is 5.78. The zero-order valence-electron chi connectivity index (χ0n) is 9.63. The molecule has 0 aliphatic carbocycles. The molecule has 0 aliphatic rings. The molecule has 0 radical (unpaired) electrons. The lowest BCUT2D eigenvalue weighted by Gasteiger charge is -2.04. The second-order valence-electron chi connectivity index (χ2n) is 3.83. The molecular weight excluding hydrogens is 222 g/mol. The third kappa shape index (κ3) is 5.17. The van der Waals surface area contributed by atoms with Crippen molar-refractivity contribution in [2.75, 3.05) is 6.54 Å². The minimum Gasteiger partial charge on any atom is -0.356 e. The zero-order chi connectivity index (χ0) is 11.8. The Labute approximate surface area is 102 Å². The first-order valence-corrected chi connectivity index (χ1v) is 6.11. The van der Waals surface area contributed by atoms with Crippen LogP contribution in [0.5, 0.6) is 0 Å². The van der Waals surface area contributed by atoms with E-state index in [0.717, 1.165) is 36.4 Å². The summed E-state index contributed by atoms with van der Waals surface area (Å²) in [5.41, 5.74) is 1.15. The number of rotatable bonds is 6. The highest BCUT2D eigenvalue weighted by Crippen LogP contribution is 2.10. The monoisotopic (exact) mass is 239 g/mol. The van der Waals surface area contributed by atoms with Gasteiger partial charge in [0.25, 0.3) is 0 Å². The Morgan fingerprint density at radius 3 is 2.62 bits per heavy atom. The van der Waals surface area contributed by atoms with Crippen LogP contribution in [0.15, 0.2) is 24.3 Å². The minimum absolute atomic E-state index is 0.128. The predicted molar refractivity (Wildman–Crippen MR) is 67.7 cm³/mol. The Hall–Kier alpha value is -1.02. The van der Waals surface area contributed by atoms with Gasteiger partial charge in [-0.05, 0) is 30.5 Å². The van der Waals surface area contributed by atoms with E-state index in [4.69, 9.17) is 11.6 Å². The predicted octanol–water partition coefficient (Wildman–Crippen LogP) is 3.19. The molecule has 1 N–H and O–H groups in total. The standard InChI is InChI=1S/C13H18ClNO/c1-2-3-10-15-13(16)9-6-11-4-7-12(14)8-5-11/h4-5,7-8H,2-3,6,9-10H2,1H3,(H,15,16). The summed E-state index contributed by atoms with van der Waals surface area (Å²) in [6.45, 7) is 2.90. The fourth-order valence-electron chi connectivity index (χ4n) is 1.40. The van der Waals surface area contributed by atoms with E-state index in [0.29, 0.717) is 6.42 Å². The van der Waals surface area contributed by atoms with Crippen LogP contribution in [0.25, 0.3) is 0 Å². The van der Waals surface area contributed by atoms with Crippen molar-refractivity contribution in [1.29, 1.82) is 0 Å².